The van der Waals surface area contributed by atoms with E-state index in [4.69, 9.17) is 16.3 Å². The third-order valence-corrected chi connectivity index (χ3v) is 8.02. The van der Waals surface area contributed by atoms with E-state index in [0.29, 0.717) is 30.4 Å². The minimum atomic E-state index is -1.06. The molecule has 4 rings (SSSR count). The number of aryl methyl sites for hydroxylation is 1. The van der Waals surface area contributed by atoms with Crippen molar-refractivity contribution in [1.29, 1.82) is 5.26 Å². The summed E-state index contributed by atoms with van der Waals surface area (Å²) in [5.74, 6) is -3.10. The van der Waals surface area contributed by atoms with Gasteiger partial charge in [0.1, 0.15) is 11.9 Å². The van der Waals surface area contributed by atoms with Crippen molar-refractivity contribution in [3.05, 3.63) is 63.7 Å². The van der Waals surface area contributed by atoms with Crippen molar-refractivity contribution >= 4 is 29.3 Å². The van der Waals surface area contributed by atoms with Crippen molar-refractivity contribution < 1.29 is 27.9 Å². The highest BCUT2D eigenvalue weighted by Crippen LogP contribution is 2.44. The normalized spacial score (nSPS) is 23.1. The van der Waals surface area contributed by atoms with Crippen molar-refractivity contribution in [3.63, 3.8) is 0 Å². The summed E-state index contributed by atoms with van der Waals surface area (Å²) in [6, 6.07) is 6.53. The van der Waals surface area contributed by atoms with Crippen molar-refractivity contribution in [2.75, 3.05) is 0 Å². The zero-order valence-corrected chi connectivity index (χ0v) is 24.8. The Labute approximate surface area is 248 Å². The van der Waals surface area contributed by atoms with E-state index >= 15 is 4.39 Å². The van der Waals surface area contributed by atoms with Gasteiger partial charge in [0.2, 0.25) is 5.91 Å². The van der Waals surface area contributed by atoms with Gasteiger partial charge < -0.3 is 15.0 Å². The molecule has 12 heteroatoms. The minimum absolute atomic E-state index is 0.0380. The Hall–Kier alpha value is -3.75. The predicted molar refractivity (Wildman–Crippen MR) is 151 cm³/mol. The van der Waals surface area contributed by atoms with Crippen LogP contribution in [0.5, 0.6) is 5.75 Å². The highest BCUT2D eigenvalue weighted by Gasteiger charge is 2.46. The maximum absolute atomic E-state index is 15.1. The smallest absolute Gasteiger partial charge is 0.275 e. The zero-order chi connectivity index (χ0) is 30.9. The van der Waals surface area contributed by atoms with Gasteiger partial charge in [0.05, 0.1) is 23.6 Å². The molecule has 3 amide bonds. The van der Waals surface area contributed by atoms with Crippen molar-refractivity contribution in [2.24, 2.45) is 5.41 Å². The van der Waals surface area contributed by atoms with Crippen molar-refractivity contribution in [2.45, 2.75) is 84.2 Å². The number of nitriles is 1. The molecular weight excluding hydrogens is 568 g/mol. The molecule has 2 aliphatic heterocycles. The van der Waals surface area contributed by atoms with Gasteiger partial charge in [0.25, 0.3) is 11.8 Å². The number of hydrogen-bond acceptors (Lipinski definition) is 6. The largest absolute Gasteiger partial charge is 0.477 e. The number of ether oxygens (including phenoxy) is 1. The van der Waals surface area contributed by atoms with Gasteiger partial charge in [-0.3, -0.25) is 19.8 Å². The van der Waals surface area contributed by atoms with Crippen LogP contribution in [0.25, 0.3) is 0 Å². The molecule has 0 radical (unpaired) electrons. The number of nitrogens with zero attached hydrogens (tertiary/aromatic N) is 2. The standard InChI is InChI=1S/C30H34ClF2N5O4/c1-15-8-19(12-22(33)26(15)42-24-9-16(2)36-37-28(24)40)27(39)35-17(3)29(41)38-23(6-7-25(38)30(4,5)14-34)18-10-20(31)13-21(32)11-18/h8,10-13,16-17,23-25,36H,6-7,9H2,1-5H3,(H,35,39)(H,37,40)/t16?,17-,23+,24?,25-/m1/s1. The third-order valence-electron chi connectivity index (χ3n) is 7.80. The Balaban J connectivity index is 1.54. The van der Waals surface area contributed by atoms with Gasteiger partial charge in [-0.2, -0.15) is 5.26 Å². The summed E-state index contributed by atoms with van der Waals surface area (Å²) in [6.45, 7) is 8.36. The maximum Gasteiger partial charge on any atom is 0.275 e. The van der Waals surface area contributed by atoms with Crippen LogP contribution in [0.15, 0.2) is 30.3 Å². The highest BCUT2D eigenvalue weighted by molar-refractivity contribution is 6.30. The van der Waals surface area contributed by atoms with Crippen LogP contribution >= 0.6 is 11.6 Å². The summed E-state index contributed by atoms with van der Waals surface area (Å²) in [4.78, 5) is 40.7. The lowest BCUT2D eigenvalue weighted by Crippen LogP contribution is -2.56. The lowest BCUT2D eigenvalue weighted by molar-refractivity contribution is -0.137. The molecule has 0 aliphatic carbocycles. The van der Waals surface area contributed by atoms with Gasteiger partial charge in [0, 0.05) is 23.0 Å². The molecule has 2 aromatic rings. The number of hydrazine groups is 1. The Morgan fingerprint density at radius 1 is 1.21 bits per heavy atom. The SMILES string of the molecule is Cc1cc(C(=O)N[C@H](C)C(=O)N2[C@H](c3cc(F)cc(Cl)c3)CC[C@@H]2C(C)(C)C#N)cc(F)c1OC1CC(C)NNC1=O. The van der Waals surface area contributed by atoms with E-state index in [0.717, 1.165) is 6.07 Å². The van der Waals surface area contributed by atoms with Gasteiger partial charge in [-0.25, -0.2) is 14.2 Å². The Bertz CT molecular complexity index is 1400. The molecule has 42 heavy (non-hydrogen) atoms. The van der Waals surface area contributed by atoms with Crippen LogP contribution in [-0.4, -0.2) is 46.9 Å². The first-order valence-electron chi connectivity index (χ1n) is 13.7. The Morgan fingerprint density at radius 3 is 2.57 bits per heavy atom. The summed E-state index contributed by atoms with van der Waals surface area (Å²) in [7, 11) is 0. The van der Waals surface area contributed by atoms with E-state index in [2.05, 4.69) is 22.2 Å². The van der Waals surface area contributed by atoms with Crippen molar-refractivity contribution in [3.8, 4) is 11.8 Å². The van der Waals surface area contributed by atoms with E-state index < -0.39 is 59.0 Å². The number of rotatable bonds is 7. The molecule has 2 unspecified atom stereocenters. The molecule has 2 fully saturated rings. The number of halogens is 3. The van der Waals surface area contributed by atoms with Crippen LogP contribution in [0, 0.1) is 35.3 Å². The molecule has 0 saturated carbocycles. The molecule has 2 aliphatic rings. The monoisotopic (exact) mass is 601 g/mol. The van der Waals surface area contributed by atoms with Crippen LogP contribution < -0.4 is 20.9 Å². The summed E-state index contributed by atoms with van der Waals surface area (Å²) < 4.78 is 35.0. The predicted octanol–water partition coefficient (Wildman–Crippen LogP) is 4.49. The van der Waals surface area contributed by atoms with Gasteiger partial charge in [0.15, 0.2) is 17.7 Å². The van der Waals surface area contributed by atoms with Crippen LogP contribution in [-0.2, 0) is 9.59 Å². The van der Waals surface area contributed by atoms with Gasteiger partial charge in [-0.1, -0.05) is 11.6 Å². The second-order valence-corrected chi connectivity index (χ2v) is 12.0. The minimum Gasteiger partial charge on any atom is -0.477 e. The molecular formula is C30H34ClF2N5O4. The topological polar surface area (TPSA) is 124 Å². The molecule has 0 spiro atoms. The molecule has 0 bridgehead atoms. The summed E-state index contributed by atoms with van der Waals surface area (Å²) in [5.41, 5.74) is 5.10. The Kier molecular flexibility index (Phi) is 9.09. The number of benzene rings is 2. The number of likely N-dealkylation sites (tertiary alicyclic amines) is 1. The summed E-state index contributed by atoms with van der Waals surface area (Å²) in [5, 5.41) is 12.6. The second-order valence-electron chi connectivity index (χ2n) is 11.6. The molecule has 224 valence electrons. The molecule has 2 heterocycles. The molecule has 2 saturated heterocycles. The molecule has 9 nitrogen and oxygen atoms in total. The number of carbonyl (C=O) groups is 3. The van der Waals surface area contributed by atoms with E-state index in [9.17, 15) is 24.0 Å². The third kappa shape index (κ3) is 6.50. The number of nitrogens with one attached hydrogen (secondary N) is 3. The average molecular weight is 602 g/mol. The van der Waals surface area contributed by atoms with Crippen LogP contribution in [0.4, 0.5) is 8.78 Å². The zero-order valence-electron chi connectivity index (χ0n) is 24.1. The number of hydrogen-bond donors (Lipinski definition) is 3. The fourth-order valence-electron chi connectivity index (χ4n) is 5.58. The van der Waals surface area contributed by atoms with E-state index in [-0.39, 0.29) is 22.4 Å². The summed E-state index contributed by atoms with van der Waals surface area (Å²) in [6.07, 6.45) is 0.390. The molecule has 3 N–H and O–H groups in total. The van der Waals surface area contributed by atoms with E-state index in [1.54, 1.807) is 26.8 Å². The van der Waals surface area contributed by atoms with Crippen LogP contribution in [0.2, 0.25) is 5.02 Å². The Morgan fingerprint density at radius 2 is 1.93 bits per heavy atom. The molecule has 5 atom stereocenters. The summed E-state index contributed by atoms with van der Waals surface area (Å²) >= 11 is 6.10. The number of carbonyl (C=O) groups excluding carboxylic acids is 3. The van der Waals surface area contributed by atoms with Crippen LogP contribution in [0.1, 0.15) is 74.5 Å². The van der Waals surface area contributed by atoms with Gasteiger partial charge in [-0.15, -0.1) is 0 Å². The second kappa shape index (κ2) is 12.2. The highest BCUT2D eigenvalue weighted by atomic mass is 35.5. The first-order valence-corrected chi connectivity index (χ1v) is 14.1. The van der Waals surface area contributed by atoms with E-state index in [1.165, 1.54) is 30.0 Å². The lowest BCUT2D eigenvalue weighted by atomic mass is 9.84. The molecule has 2 aromatic carbocycles. The number of amides is 3. The quantitative estimate of drug-likeness (QED) is 0.430. The van der Waals surface area contributed by atoms with Crippen LogP contribution in [0.3, 0.4) is 0 Å². The average Bonchev–Trinajstić information content (AvgIpc) is 3.37. The lowest BCUT2D eigenvalue weighted by Gasteiger charge is -2.38. The van der Waals surface area contributed by atoms with Gasteiger partial charge >= 0.3 is 0 Å². The van der Waals surface area contributed by atoms with E-state index in [1.807, 2.05) is 6.92 Å². The van der Waals surface area contributed by atoms with Crippen molar-refractivity contribution in [1.82, 2.24) is 21.1 Å². The fraction of sp³-hybridized carbons (Fsp3) is 0.467. The first-order chi connectivity index (χ1) is 19.7. The fourth-order valence-corrected chi connectivity index (χ4v) is 5.81. The first kappa shape index (κ1) is 31.2. The molecule has 0 aromatic heterocycles. The maximum atomic E-state index is 15.1. The van der Waals surface area contributed by atoms with Gasteiger partial charge in [-0.05, 0) is 88.9 Å².